The number of urea groups is 1. The van der Waals surface area contributed by atoms with E-state index in [-0.39, 0.29) is 23.9 Å². The summed E-state index contributed by atoms with van der Waals surface area (Å²) in [5.74, 6) is -0.322. The number of amides is 3. The van der Waals surface area contributed by atoms with Gasteiger partial charge < -0.3 is 10.2 Å². The lowest BCUT2D eigenvalue weighted by atomic mass is 9.95. The minimum atomic E-state index is -0.781. The number of hydrogen-bond acceptors (Lipinski definition) is 2. The summed E-state index contributed by atoms with van der Waals surface area (Å²) >= 11 is 0. The Labute approximate surface area is 153 Å². The number of rotatable bonds is 5. The molecule has 2 aliphatic rings. The maximum atomic E-state index is 14.4. The molecule has 1 aromatic carbocycles. The Bertz CT molecular complexity index is 787. The molecule has 0 aliphatic carbocycles. The van der Waals surface area contributed by atoms with E-state index in [0.717, 1.165) is 0 Å². The monoisotopic (exact) mass is 357 g/mol. The van der Waals surface area contributed by atoms with Crippen molar-refractivity contribution in [2.75, 3.05) is 13.1 Å². The van der Waals surface area contributed by atoms with Crippen LogP contribution in [-0.4, -0.2) is 40.9 Å². The van der Waals surface area contributed by atoms with Crippen LogP contribution in [0, 0.1) is 11.7 Å². The second kappa shape index (κ2) is 6.94. The molecule has 0 fully saturated rings. The van der Waals surface area contributed by atoms with Gasteiger partial charge in [-0.2, -0.15) is 0 Å². The van der Waals surface area contributed by atoms with Crippen LogP contribution in [0.5, 0.6) is 0 Å². The summed E-state index contributed by atoms with van der Waals surface area (Å²) in [5, 5.41) is 2.79. The van der Waals surface area contributed by atoms with Crippen molar-refractivity contribution in [3.8, 4) is 0 Å². The predicted molar refractivity (Wildman–Crippen MR) is 97.6 cm³/mol. The molecule has 2 atom stereocenters. The number of nitrogens with zero attached hydrogens (tertiary/aromatic N) is 2. The molecule has 0 saturated carbocycles. The average Bonchev–Trinajstić information content (AvgIpc) is 2.94. The molecule has 1 aromatic rings. The summed E-state index contributed by atoms with van der Waals surface area (Å²) < 4.78 is 14.4. The number of hydrogen-bond donors (Lipinski definition) is 1. The SMILES string of the molecule is C=CCN1C(=O)N[C@@H](c2ccccc2F)C2=C1CN([C@@H](C)C(C)C)C2=O. The van der Waals surface area contributed by atoms with Crippen molar-refractivity contribution >= 4 is 11.9 Å². The van der Waals surface area contributed by atoms with Crippen molar-refractivity contribution in [1.82, 2.24) is 15.1 Å². The first-order chi connectivity index (χ1) is 12.4. The van der Waals surface area contributed by atoms with Gasteiger partial charge in [0.1, 0.15) is 5.82 Å². The summed E-state index contributed by atoms with van der Waals surface area (Å²) in [7, 11) is 0. The molecule has 5 nitrogen and oxygen atoms in total. The molecule has 2 heterocycles. The predicted octanol–water partition coefficient (Wildman–Crippen LogP) is 3.22. The van der Waals surface area contributed by atoms with Gasteiger partial charge in [-0.25, -0.2) is 9.18 Å². The van der Waals surface area contributed by atoms with Crippen molar-refractivity contribution in [3.63, 3.8) is 0 Å². The van der Waals surface area contributed by atoms with E-state index < -0.39 is 11.9 Å². The fourth-order valence-corrected chi connectivity index (χ4v) is 3.47. The topological polar surface area (TPSA) is 52.7 Å². The molecular weight excluding hydrogens is 333 g/mol. The summed E-state index contributed by atoms with van der Waals surface area (Å²) in [4.78, 5) is 29.1. The lowest BCUT2D eigenvalue weighted by Gasteiger charge is -2.33. The second-order valence-electron chi connectivity index (χ2n) is 7.08. The third-order valence-corrected chi connectivity index (χ3v) is 5.23. The molecule has 0 spiro atoms. The molecule has 0 saturated heterocycles. The standard InChI is InChI=1S/C20H24FN3O2/c1-5-10-23-16-11-24(13(4)12(2)3)19(25)17(16)18(22-20(23)26)14-8-6-7-9-15(14)21/h5-9,12-13,18H,1,10-11H2,2-4H3,(H,22,26)/t13-,18-/m0/s1. The quantitative estimate of drug-likeness (QED) is 0.823. The van der Waals surface area contributed by atoms with E-state index >= 15 is 0 Å². The van der Waals surface area contributed by atoms with Gasteiger partial charge in [0.05, 0.1) is 23.9 Å². The highest BCUT2D eigenvalue weighted by Crippen LogP contribution is 2.38. The van der Waals surface area contributed by atoms with Crippen LogP contribution in [0.1, 0.15) is 32.4 Å². The van der Waals surface area contributed by atoms with Crippen molar-refractivity contribution in [2.24, 2.45) is 5.92 Å². The third-order valence-electron chi connectivity index (χ3n) is 5.23. The highest BCUT2D eigenvalue weighted by Gasteiger charge is 2.45. The number of benzene rings is 1. The highest BCUT2D eigenvalue weighted by atomic mass is 19.1. The molecule has 0 unspecified atom stereocenters. The largest absolute Gasteiger partial charge is 0.330 e. The summed E-state index contributed by atoms with van der Waals surface area (Å²) in [6.07, 6.45) is 1.62. The maximum absolute atomic E-state index is 14.4. The third kappa shape index (κ3) is 2.89. The van der Waals surface area contributed by atoms with Gasteiger partial charge in [0.2, 0.25) is 0 Å². The molecule has 3 amide bonds. The average molecular weight is 357 g/mol. The van der Waals surface area contributed by atoms with Crippen LogP contribution in [0.4, 0.5) is 9.18 Å². The first-order valence-corrected chi connectivity index (χ1v) is 8.84. The lowest BCUT2D eigenvalue weighted by molar-refractivity contribution is -0.128. The Balaban J connectivity index is 2.09. The Kier molecular flexibility index (Phi) is 4.85. The van der Waals surface area contributed by atoms with E-state index in [2.05, 4.69) is 25.7 Å². The van der Waals surface area contributed by atoms with Gasteiger partial charge in [0.15, 0.2) is 0 Å². The van der Waals surface area contributed by atoms with Gasteiger partial charge in [-0.1, -0.05) is 38.1 Å². The fraction of sp³-hybridized carbons (Fsp3) is 0.400. The van der Waals surface area contributed by atoms with Gasteiger partial charge in [-0.15, -0.1) is 6.58 Å². The first-order valence-electron chi connectivity index (χ1n) is 8.84. The van der Waals surface area contributed by atoms with Crippen molar-refractivity contribution in [3.05, 3.63) is 59.6 Å². The molecule has 6 heteroatoms. The van der Waals surface area contributed by atoms with Crippen molar-refractivity contribution in [2.45, 2.75) is 32.9 Å². The van der Waals surface area contributed by atoms with E-state index in [4.69, 9.17) is 0 Å². The number of carbonyl (C=O) groups excluding carboxylic acids is 2. The summed E-state index contributed by atoms with van der Waals surface area (Å²) in [6, 6.07) is 5.12. The van der Waals surface area contributed by atoms with E-state index in [1.54, 1.807) is 29.2 Å². The molecule has 3 rings (SSSR count). The minimum absolute atomic E-state index is 0.00931. The molecular formula is C20H24FN3O2. The zero-order valence-corrected chi connectivity index (χ0v) is 15.3. The number of carbonyl (C=O) groups is 2. The van der Waals surface area contributed by atoms with Crippen LogP contribution in [0.2, 0.25) is 0 Å². The van der Waals surface area contributed by atoms with Gasteiger partial charge >= 0.3 is 6.03 Å². The Hall–Kier alpha value is -2.63. The van der Waals surface area contributed by atoms with Gasteiger partial charge in [0, 0.05) is 18.2 Å². The highest BCUT2D eigenvalue weighted by molar-refractivity contribution is 6.01. The van der Waals surface area contributed by atoms with Crippen LogP contribution in [0.3, 0.4) is 0 Å². The van der Waals surface area contributed by atoms with E-state index in [1.165, 1.54) is 11.0 Å². The normalized spacial score (nSPS) is 21.2. The molecule has 2 aliphatic heterocycles. The molecule has 0 bridgehead atoms. The van der Waals surface area contributed by atoms with Gasteiger partial charge in [-0.3, -0.25) is 9.69 Å². The minimum Gasteiger partial charge on any atom is -0.330 e. The maximum Gasteiger partial charge on any atom is 0.322 e. The van der Waals surface area contributed by atoms with Crippen molar-refractivity contribution < 1.29 is 14.0 Å². The first kappa shape index (κ1) is 18.2. The van der Waals surface area contributed by atoms with Crippen LogP contribution in [-0.2, 0) is 4.79 Å². The fourth-order valence-electron chi connectivity index (χ4n) is 3.47. The number of nitrogens with one attached hydrogen (secondary N) is 1. The van der Waals surface area contributed by atoms with Gasteiger partial charge in [0.25, 0.3) is 5.91 Å². The van der Waals surface area contributed by atoms with Gasteiger partial charge in [-0.05, 0) is 18.9 Å². The van der Waals surface area contributed by atoms with Crippen LogP contribution in [0.25, 0.3) is 0 Å². The smallest absolute Gasteiger partial charge is 0.322 e. The molecule has 138 valence electrons. The number of halogens is 1. The lowest BCUT2D eigenvalue weighted by Crippen LogP contribution is -2.47. The van der Waals surface area contributed by atoms with E-state index in [9.17, 15) is 14.0 Å². The molecule has 26 heavy (non-hydrogen) atoms. The van der Waals surface area contributed by atoms with Crippen molar-refractivity contribution in [1.29, 1.82) is 0 Å². The van der Waals surface area contributed by atoms with Crippen LogP contribution < -0.4 is 5.32 Å². The van der Waals surface area contributed by atoms with E-state index in [1.807, 2.05) is 6.92 Å². The molecule has 1 N–H and O–H groups in total. The Morgan fingerprint density at radius 2 is 2.00 bits per heavy atom. The summed E-state index contributed by atoms with van der Waals surface area (Å²) in [5.41, 5.74) is 1.39. The zero-order valence-electron chi connectivity index (χ0n) is 15.3. The van der Waals surface area contributed by atoms with Crippen LogP contribution in [0.15, 0.2) is 48.2 Å². The second-order valence-corrected chi connectivity index (χ2v) is 7.08. The zero-order chi connectivity index (χ0) is 19.0. The summed E-state index contributed by atoms with van der Waals surface area (Å²) in [6.45, 7) is 10.4. The van der Waals surface area contributed by atoms with Crippen LogP contribution >= 0.6 is 0 Å². The molecule has 0 radical (unpaired) electrons. The molecule has 0 aromatic heterocycles. The Morgan fingerprint density at radius 1 is 1.31 bits per heavy atom. The Morgan fingerprint density at radius 3 is 2.62 bits per heavy atom. The van der Waals surface area contributed by atoms with E-state index in [0.29, 0.717) is 29.9 Å².